The highest BCUT2D eigenvalue weighted by Gasteiger charge is 2.38. The summed E-state index contributed by atoms with van der Waals surface area (Å²) < 4.78 is 51.3. The molecule has 1 heterocycles. The van der Waals surface area contributed by atoms with Crippen molar-refractivity contribution in [3.8, 4) is 11.5 Å². The van der Waals surface area contributed by atoms with Crippen LogP contribution in [0.2, 0.25) is 0 Å². The van der Waals surface area contributed by atoms with Crippen LogP contribution in [-0.4, -0.2) is 43.4 Å². The quantitative estimate of drug-likeness (QED) is 0.247. The zero-order chi connectivity index (χ0) is 25.4. The number of aryl methyl sites for hydroxylation is 1. The molecule has 0 aromatic heterocycles. The smallest absolute Gasteiger partial charge is 0.437 e. The summed E-state index contributed by atoms with van der Waals surface area (Å²) in [5, 5.41) is 4.48. The van der Waals surface area contributed by atoms with Crippen LogP contribution in [0.25, 0.3) is 0 Å². The SMILES string of the molecule is CCCc1cc(/C(=N\OC)C(F)(F)F)ccc1OCCCOc1ccc(C2SC(=O)NC2=O)cc1. The van der Waals surface area contributed by atoms with Crippen molar-refractivity contribution in [1.29, 1.82) is 0 Å². The fourth-order valence-corrected chi connectivity index (χ4v) is 4.27. The Balaban J connectivity index is 1.53. The molecule has 35 heavy (non-hydrogen) atoms. The molecule has 188 valence electrons. The molecule has 0 saturated carbocycles. The number of amides is 2. The van der Waals surface area contributed by atoms with Crippen LogP contribution in [-0.2, 0) is 16.1 Å². The number of benzene rings is 2. The van der Waals surface area contributed by atoms with Crippen LogP contribution in [0.1, 0.15) is 41.7 Å². The normalized spacial score (nSPS) is 16.3. The second-order valence-corrected chi connectivity index (χ2v) is 8.66. The van der Waals surface area contributed by atoms with E-state index in [4.69, 9.17) is 9.47 Å². The Morgan fingerprint density at radius 3 is 2.40 bits per heavy atom. The molecule has 1 N–H and O–H groups in total. The number of hydrogen-bond acceptors (Lipinski definition) is 7. The largest absolute Gasteiger partial charge is 0.493 e. The zero-order valence-corrected chi connectivity index (χ0v) is 20.0. The van der Waals surface area contributed by atoms with Gasteiger partial charge in [0.1, 0.15) is 23.9 Å². The summed E-state index contributed by atoms with van der Waals surface area (Å²) in [6.45, 7) is 2.60. The number of hydrogen-bond donors (Lipinski definition) is 1. The van der Waals surface area contributed by atoms with E-state index in [1.165, 1.54) is 18.2 Å². The minimum atomic E-state index is -4.64. The van der Waals surface area contributed by atoms with E-state index >= 15 is 0 Å². The summed E-state index contributed by atoms with van der Waals surface area (Å²) in [6, 6.07) is 11.2. The van der Waals surface area contributed by atoms with Gasteiger partial charge < -0.3 is 14.3 Å². The number of nitrogens with one attached hydrogen (secondary N) is 1. The first-order chi connectivity index (χ1) is 16.7. The van der Waals surface area contributed by atoms with Gasteiger partial charge in [0.25, 0.3) is 5.24 Å². The van der Waals surface area contributed by atoms with Gasteiger partial charge in [0.05, 0.1) is 13.2 Å². The van der Waals surface area contributed by atoms with E-state index in [-0.39, 0.29) is 16.7 Å². The summed E-state index contributed by atoms with van der Waals surface area (Å²) >= 11 is 0.940. The van der Waals surface area contributed by atoms with Crippen molar-refractivity contribution in [3.05, 3.63) is 59.2 Å². The molecule has 2 amide bonds. The Morgan fingerprint density at radius 1 is 1.09 bits per heavy atom. The van der Waals surface area contributed by atoms with Crippen molar-refractivity contribution >= 4 is 28.6 Å². The topological polar surface area (TPSA) is 86.2 Å². The third-order valence-electron chi connectivity index (χ3n) is 4.99. The lowest BCUT2D eigenvalue weighted by atomic mass is 10.0. The first-order valence-electron chi connectivity index (χ1n) is 10.9. The average Bonchev–Trinajstić information content (AvgIpc) is 3.15. The first kappa shape index (κ1) is 26.4. The van der Waals surface area contributed by atoms with Crippen molar-refractivity contribution in [2.45, 2.75) is 37.6 Å². The van der Waals surface area contributed by atoms with Crippen LogP contribution in [0, 0.1) is 0 Å². The lowest BCUT2D eigenvalue weighted by molar-refractivity contribution is -0.119. The molecule has 2 aromatic carbocycles. The molecule has 2 aromatic rings. The Kier molecular flexibility index (Phi) is 9.02. The maximum absolute atomic E-state index is 13.3. The molecular formula is C24H25F3N2O5S. The highest BCUT2D eigenvalue weighted by atomic mass is 32.2. The molecule has 1 unspecified atom stereocenters. The van der Waals surface area contributed by atoms with Crippen LogP contribution < -0.4 is 14.8 Å². The molecule has 1 saturated heterocycles. The van der Waals surface area contributed by atoms with Crippen molar-refractivity contribution < 1.29 is 37.1 Å². The van der Waals surface area contributed by atoms with Crippen LogP contribution in [0.5, 0.6) is 11.5 Å². The predicted octanol–water partition coefficient (Wildman–Crippen LogP) is 5.42. The van der Waals surface area contributed by atoms with Gasteiger partial charge >= 0.3 is 6.18 Å². The van der Waals surface area contributed by atoms with E-state index in [1.807, 2.05) is 6.92 Å². The summed E-state index contributed by atoms with van der Waals surface area (Å²) in [4.78, 5) is 27.5. The summed E-state index contributed by atoms with van der Waals surface area (Å²) in [7, 11) is 1.07. The number of alkyl halides is 3. The molecule has 0 bridgehead atoms. The van der Waals surface area contributed by atoms with E-state index in [0.717, 1.165) is 25.3 Å². The Bertz CT molecular complexity index is 1070. The summed E-state index contributed by atoms with van der Waals surface area (Å²) in [5.41, 5.74) is 0.189. The molecule has 3 rings (SSSR count). The molecule has 0 radical (unpaired) electrons. The lowest BCUT2D eigenvalue weighted by Gasteiger charge is -2.15. The van der Waals surface area contributed by atoms with Gasteiger partial charge in [-0.2, -0.15) is 13.2 Å². The highest BCUT2D eigenvalue weighted by molar-refractivity contribution is 8.15. The molecule has 0 aliphatic carbocycles. The molecule has 1 fully saturated rings. The maximum atomic E-state index is 13.3. The predicted molar refractivity (Wildman–Crippen MR) is 126 cm³/mol. The summed E-state index contributed by atoms with van der Waals surface area (Å²) in [6.07, 6.45) is -2.81. The van der Waals surface area contributed by atoms with E-state index in [1.54, 1.807) is 24.3 Å². The van der Waals surface area contributed by atoms with Crippen molar-refractivity contribution in [2.24, 2.45) is 5.16 Å². The number of halogens is 3. The Hall–Kier alpha value is -3.21. The minimum absolute atomic E-state index is 0.0835. The van der Waals surface area contributed by atoms with E-state index in [2.05, 4.69) is 15.3 Å². The molecule has 1 aliphatic rings. The monoisotopic (exact) mass is 510 g/mol. The zero-order valence-electron chi connectivity index (χ0n) is 19.2. The third-order valence-corrected chi connectivity index (χ3v) is 6.03. The molecule has 1 aliphatic heterocycles. The van der Waals surface area contributed by atoms with Crippen molar-refractivity contribution in [3.63, 3.8) is 0 Å². The van der Waals surface area contributed by atoms with Crippen LogP contribution in [0.3, 0.4) is 0 Å². The van der Waals surface area contributed by atoms with Crippen LogP contribution >= 0.6 is 11.8 Å². The fourth-order valence-electron chi connectivity index (χ4n) is 3.44. The number of nitrogens with zero attached hydrogens (tertiary/aromatic N) is 1. The van der Waals surface area contributed by atoms with E-state index in [0.29, 0.717) is 48.7 Å². The van der Waals surface area contributed by atoms with E-state index < -0.39 is 17.1 Å². The van der Waals surface area contributed by atoms with Gasteiger partial charge in [-0.15, -0.1) is 0 Å². The van der Waals surface area contributed by atoms with Gasteiger partial charge in [0, 0.05) is 12.0 Å². The van der Waals surface area contributed by atoms with Crippen LogP contribution in [0.4, 0.5) is 18.0 Å². The highest BCUT2D eigenvalue weighted by Crippen LogP contribution is 2.34. The second-order valence-electron chi connectivity index (χ2n) is 7.59. The molecule has 7 nitrogen and oxygen atoms in total. The van der Waals surface area contributed by atoms with Gasteiger partial charge in [-0.1, -0.05) is 30.6 Å². The number of carbonyl (C=O) groups excluding carboxylic acids is 2. The Labute approximate surface area is 205 Å². The van der Waals surface area contributed by atoms with E-state index in [9.17, 15) is 22.8 Å². The number of oxime groups is 1. The fraction of sp³-hybridized carbons (Fsp3) is 0.375. The number of rotatable bonds is 11. The third kappa shape index (κ3) is 7.14. The average molecular weight is 511 g/mol. The molecule has 1 atom stereocenters. The Morgan fingerprint density at radius 2 is 1.80 bits per heavy atom. The van der Waals surface area contributed by atoms with Gasteiger partial charge in [-0.25, -0.2) is 0 Å². The number of imide groups is 1. The number of thioether (sulfide) groups is 1. The maximum Gasteiger partial charge on any atom is 0.437 e. The number of carbonyl (C=O) groups is 2. The van der Waals surface area contributed by atoms with Crippen molar-refractivity contribution in [1.82, 2.24) is 5.32 Å². The summed E-state index contributed by atoms with van der Waals surface area (Å²) in [5.74, 6) is 0.791. The van der Waals surface area contributed by atoms with Gasteiger partial charge in [0.2, 0.25) is 5.91 Å². The first-order valence-corrected chi connectivity index (χ1v) is 11.8. The molecule has 11 heteroatoms. The molecule has 0 spiro atoms. The van der Waals surface area contributed by atoms with Crippen LogP contribution in [0.15, 0.2) is 47.6 Å². The van der Waals surface area contributed by atoms with Gasteiger partial charge in [-0.05, 0) is 59.6 Å². The number of ether oxygens (including phenoxy) is 2. The molecular weight excluding hydrogens is 485 g/mol. The second kappa shape index (κ2) is 12.0. The van der Waals surface area contributed by atoms with Crippen molar-refractivity contribution in [2.75, 3.05) is 20.3 Å². The lowest BCUT2D eigenvalue weighted by Crippen LogP contribution is -2.24. The van der Waals surface area contributed by atoms with Gasteiger partial charge in [-0.3, -0.25) is 14.9 Å². The van der Waals surface area contributed by atoms with Gasteiger partial charge in [0.15, 0.2) is 5.71 Å². The standard InChI is InChI=1S/C24H25F3N2O5S/c1-3-5-16-14-17(21(29-32-2)24(25,26)27)8-11-19(16)34-13-4-12-33-18-9-6-15(7-10-18)20-22(30)28-23(31)35-20/h6-11,14,20H,3-5,12-13H2,1-2H3,(H,28,30,31)/b29-21+. The minimum Gasteiger partial charge on any atom is -0.493 e.